The topological polar surface area (TPSA) is 64.7 Å². The zero-order chi connectivity index (χ0) is 17.1. The van der Waals surface area contributed by atoms with E-state index in [1.165, 1.54) is 12.1 Å². The number of benzene rings is 3. The lowest BCUT2D eigenvalue weighted by Crippen LogP contribution is -1.90. The Morgan fingerprint density at radius 1 is 1.12 bits per heavy atom. The largest absolute Gasteiger partial charge is 0.496 e. The van der Waals surface area contributed by atoms with Crippen molar-refractivity contribution in [1.82, 2.24) is 0 Å². The lowest BCUT2D eigenvalue weighted by Gasteiger charge is -2.07. The summed E-state index contributed by atoms with van der Waals surface area (Å²) in [6, 6.07) is 16.0. The van der Waals surface area contributed by atoms with Crippen molar-refractivity contribution in [2.45, 2.75) is 0 Å². The minimum absolute atomic E-state index is 0.0915. The van der Waals surface area contributed by atoms with E-state index in [2.05, 4.69) is 4.99 Å². The molecule has 0 unspecified atom stereocenters. The van der Waals surface area contributed by atoms with Gasteiger partial charge in [-0.2, -0.15) is 0 Å². The summed E-state index contributed by atoms with van der Waals surface area (Å²) in [7, 11) is 1.63. The van der Waals surface area contributed by atoms with Gasteiger partial charge in [-0.05, 0) is 29.7 Å². The van der Waals surface area contributed by atoms with Crippen LogP contribution in [-0.4, -0.2) is 18.2 Å². The van der Waals surface area contributed by atoms with Crippen molar-refractivity contribution in [3.8, 4) is 5.75 Å². The number of aliphatic imine (C=N–C) groups is 1. The number of ether oxygens (including phenoxy) is 1. The Kier molecular flexibility index (Phi) is 4.44. The van der Waals surface area contributed by atoms with E-state index in [4.69, 9.17) is 16.3 Å². The first kappa shape index (κ1) is 16.0. The van der Waals surface area contributed by atoms with E-state index in [1.807, 2.05) is 36.4 Å². The van der Waals surface area contributed by atoms with Crippen LogP contribution in [0.3, 0.4) is 0 Å². The molecule has 0 aliphatic rings. The highest BCUT2D eigenvalue weighted by atomic mass is 35.5. The van der Waals surface area contributed by atoms with Crippen LogP contribution < -0.4 is 4.74 Å². The Hall–Kier alpha value is -2.92. The maximum absolute atomic E-state index is 10.9. The van der Waals surface area contributed by atoms with Crippen molar-refractivity contribution in [2.24, 2.45) is 4.99 Å². The molecule has 0 saturated carbocycles. The Morgan fingerprint density at radius 3 is 2.58 bits per heavy atom. The zero-order valence-electron chi connectivity index (χ0n) is 12.8. The van der Waals surface area contributed by atoms with E-state index >= 15 is 0 Å². The Morgan fingerprint density at radius 2 is 1.88 bits per heavy atom. The SMILES string of the molecule is COc1ccc(C=Nc2ccc(Cl)c([N+](=O)[O-])c2)c2ccccc12. The standard InChI is InChI=1S/C18H13ClN2O3/c1-24-18-9-6-12(14-4-2-3-5-15(14)18)11-20-13-7-8-16(19)17(10-13)21(22)23/h2-11H,1H3. The molecular formula is C18H13ClN2O3. The average molecular weight is 341 g/mol. The van der Waals surface area contributed by atoms with Gasteiger partial charge >= 0.3 is 0 Å². The zero-order valence-corrected chi connectivity index (χ0v) is 13.5. The summed E-state index contributed by atoms with van der Waals surface area (Å²) >= 11 is 5.81. The van der Waals surface area contributed by atoms with Crippen LogP contribution in [0.15, 0.2) is 59.6 Å². The first-order chi connectivity index (χ1) is 11.6. The third-order valence-corrected chi connectivity index (χ3v) is 3.94. The van der Waals surface area contributed by atoms with Gasteiger partial charge in [-0.1, -0.05) is 35.9 Å². The van der Waals surface area contributed by atoms with Crippen LogP contribution in [0.5, 0.6) is 5.75 Å². The third-order valence-electron chi connectivity index (χ3n) is 3.62. The lowest BCUT2D eigenvalue weighted by molar-refractivity contribution is -0.384. The Bertz CT molecular complexity index is 954. The van der Waals surface area contributed by atoms with E-state index in [0.29, 0.717) is 5.69 Å². The second-order valence-electron chi connectivity index (χ2n) is 5.05. The van der Waals surface area contributed by atoms with Crippen LogP contribution >= 0.6 is 11.6 Å². The van der Waals surface area contributed by atoms with Crippen LogP contribution in [-0.2, 0) is 0 Å². The molecule has 5 nitrogen and oxygen atoms in total. The molecule has 6 heteroatoms. The van der Waals surface area contributed by atoms with Gasteiger partial charge in [0.05, 0.1) is 17.7 Å². The van der Waals surface area contributed by atoms with E-state index in [0.717, 1.165) is 22.1 Å². The predicted molar refractivity (Wildman–Crippen MR) is 95.9 cm³/mol. The van der Waals surface area contributed by atoms with Gasteiger partial charge in [-0.3, -0.25) is 15.1 Å². The molecule has 0 aliphatic carbocycles. The number of nitro groups is 1. The average Bonchev–Trinajstić information content (AvgIpc) is 2.60. The molecule has 24 heavy (non-hydrogen) atoms. The molecule has 0 bridgehead atoms. The van der Waals surface area contributed by atoms with E-state index in [-0.39, 0.29) is 10.7 Å². The molecule has 120 valence electrons. The minimum atomic E-state index is -0.524. The molecule has 0 saturated heterocycles. The summed E-state index contributed by atoms with van der Waals surface area (Å²) in [4.78, 5) is 14.8. The Labute approximate surface area is 143 Å². The molecule has 0 amide bonds. The molecule has 3 rings (SSSR count). The number of methoxy groups -OCH3 is 1. The molecule has 0 spiro atoms. The quantitative estimate of drug-likeness (QED) is 0.374. The van der Waals surface area contributed by atoms with Gasteiger partial charge in [0.25, 0.3) is 5.69 Å². The number of fused-ring (bicyclic) bond motifs is 1. The van der Waals surface area contributed by atoms with E-state index in [1.54, 1.807) is 19.4 Å². The fourth-order valence-electron chi connectivity index (χ4n) is 2.45. The molecule has 0 aromatic heterocycles. The van der Waals surface area contributed by atoms with Crippen molar-refractivity contribution in [3.63, 3.8) is 0 Å². The van der Waals surface area contributed by atoms with E-state index in [9.17, 15) is 10.1 Å². The van der Waals surface area contributed by atoms with Gasteiger partial charge in [0.15, 0.2) is 0 Å². The number of rotatable bonds is 4. The highest BCUT2D eigenvalue weighted by Gasteiger charge is 2.12. The monoisotopic (exact) mass is 340 g/mol. The molecule has 0 fully saturated rings. The molecule has 0 radical (unpaired) electrons. The van der Waals surface area contributed by atoms with Gasteiger partial charge in [-0.15, -0.1) is 0 Å². The van der Waals surface area contributed by atoms with Gasteiger partial charge in [0, 0.05) is 23.2 Å². The number of nitrogens with zero attached hydrogens (tertiary/aromatic N) is 2. The van der Waals surface area contributed by atoms with Crippen LogP contribution in [0.2, 0.25) is 5.02 Å². The van der Waals surface area contributed by atoms with Crippen molar-refractivity contribution >= 4 is 40.0 Å². The number of hydrogen-bond donors (Lipinski definition) is 0. The summed E-state index contributed by atoms with van der Waals surface area (Å²) in [5, 5.41) is 13.0. The second kappa shape index (κ2) is 6.68. The first-order valence-corrected chi connectivity index (χ1v) is 7.51. The molecule has 0 aliphatic heterocycles. The van der Waals surface area contributed by atoms with Gasteiger partial charge in [0.1, 0.15) is 10.8 Å². The summed E-state index contributed by atoms with van der Waals surface area (Å²) in [6.45, 7) is 0. The van der Waals surface area contributed by atoms with Crippen LogP contribution in [0.4, 0.5) is 11.4 Å². The van der Waals surface area contributed by atoms with Crippen molar-refractivity contribution in [2.75, 3.05) is 7.11 Å². The summed E-state index contributed by atoms with van der Waals surface area (Å²) in [5.41, 5.74) is 1.20. The number of halogens is 1. The molecule has 0 N–H and O–H groups in total. The molecule has 0 atom stereocenters. The highest BCUT2D eigenvalue weighted by Crippen LogP contribution is 2.30. The predicted octanol–water partition coefficient (Wildman–Crippen LogP) is 5.16. The van der Waals surface area contributed by atoms with E-state index < -0.39 is 4.92 Å². The van der Waals surface area contributed by atoms with Crippen LogP contribution in [0.1, 0.15) is 5.56 Å². The van der Waals surface area contributed by atoms with Gasteiger partial charge < -0.3 is 4.74 Å². The normalized spacial score (nSPS) is 11.1. The molecule has 0 heterocycles. The molecule has 3 aromatic carbocycles. The van der Waals surface area contributed by atoms with Gasteiger partial charge in [-0.25, -0.2) is 0 Å². The summed E-state index contributed by atoms with van der Waals surface area (Å²) < 4.78 is 5.37. The van der Waals surface area contributed by atoms with Crippen LogP contribution in [0.25, 0.3) is 10.8 Å². The van der Waals surface area contributed by atoms with Crippen molar-refractivity contribution < 1.29 is 9.66 Å². The summed E-state index contributed by atoms with van der Waals surface area (Å²) in [6.07, 6.45) is 1.68. The lowest BCUT2D eigenvalue weighted by atomic mass is 10.0. The molecular weight excluding hydrogens is 328 g/mol. The Balaban J connectivity index is 2.03. The molecule has 3 aromatic rings. The third kappa shape index (κ3) is 3.07. The first-order valence-electron chi connectivity index (χ1n) is 7.14. The summed E-state index contributed by atoms with van der Waals surface area (Å²) in [5.74, 6) is 0.782. The number of hydrogen-bond acceptors (Lipinski definition) is 4. The highest BCUT2D eigenvalue weighted by molar-refractivity contribution is 6.32. The second-order valence-corrected chi connectivity index (χ2v) is 5.46. The maximum Gasteiger partial charge on any atom is 0.290 e. The van der Waals surface area contributed by atoms with Crippen LogP contribution in [0, 0.1) is 10.1 Å². The van der Waals surface area contributed by atoms with Gasteiger partial charge in [0.2, 0.25) is 0 Å². The fourth-order valence-corrected chi connectivity index (χ4v) is 2.64. The number of nitro benzene ring substituents is 1. The van der Waals surface area contributed by atoms with Crippen molar-refractivity contribution in [3.05, 3.63) is 75.3 Å². The maximum atomic E-state index is 10.9. The minimum Gasteiger partial charge on any atom is -0.496 e. The smallest absolute Gasteiger partial charge is 0.290 e. The fraction of sp³-hybridized carbons (Fsp3) is 0.0556. The van der Waals surface area contributed by atoms with Crippen molar-refractivity contribution in [1.29, 1.82) is 0 Å².